The van der Waals surface area contributed by atoms with Gasteiger partial charge in [-0.2, -0.15) is 0 Å². The minimum atomic E-state index is -3.20. The Morgan fingerprint density at radius 2 is 2.07 bits per heavy atom. The van der Waals surface area contributed by atoms with Crippen molar-refractivity contribution in [3.8, 4) is 5.75 Å². The highest BCUT2D eigenvalue weighted by Gasteiger charge is 2.36. The normalized spacial score (nSPS) is 17.9. The molecule has 1 aliphatic heterocycles. The second kappa shape index (κ2) is 7.75. The van der Waals surface area contributed by atoms with E-state index in [4.69, 9.17) is 9.15 Å². The Hall–Kier alpha value is -2.87. The number of carbonyl (C=O) groups excluding carboxylic acids is 1. The third kappa shape index (κ3) is 3.92. The van der Waals surface area contributed by atoms with Crippen LogP contribution in [-0.4, -0.2) is 43.9 Å². The molecule has 0 saturated carbocycles. The SMILES string of the molecule is COc1cccc(CN(C(=O)c2oc3ccc(F)cc3c2C)[C@@H]2CCS(=O)(=O)C2)c1. The zero-order chi connectivity index (χ0) is 21.5. The van der Waals surface area contributed by atoms with Crippen LogP contribution in [0.4, 0.5) is 4.39 Å². The summed E-state index contributed by atoms with van der Waals surface area (Å²) in [4.78, 5) is 15.0. The first-order valence-electron chi connectivity index (χ1n) is 9.60. The van der Waals surface area contributed by atoms with Gasteiger partial charge >= 0.3 is 0 Å². The average molecular weight is 431 g/mol. The second-order valence-corrected chi connectivity index (χ2v) is 9.77. The maximum Gasteiger partial charge on any atom is 0.290 e. The molecule has 2 heterocycles. The predicted molar refractivity (Wildman–Crippen MR) is 111 cm³/mol. The molecule has 8 heteroatoms. The third-order valence-electron chi connectivity index (χ3n) is 5.49. The van der Waals surface area contributed by atoms with E-state index in [2.05, 4.69) is 0 Å². The average Bonchev–Trinajstić information content (AvgIpc) is 3.25. The van der Waals surface area contributed by atoms with Gasteiger partial charge in [0.25, 0.3) is 5.91 Å². The topological polar surface area (TPSA) is 76.8 Å². The Morgan fingerprint density at radius 1 is 1.27 bits per heavy atom. The van der Waals surface area contributed by atoms with Crippen molar-refractivity contribution in [3.05, 3.63) is 65.2 Å². The lowest BCUT2D eigenvalue weighted by Crippen LogP contribution is -2.40. The van der Waals surface area contributed by atoms with Crippen LogP contribution in [-0.2, 0) is 16.4 Å². The number of methoxy groups -OCH3 is 1. The first-order chi connectivity index (χ1) is 14.3. The van der Waals surface area contributed by atoms with E-state index in [9.17, 15) is 17.6 Å². The molecule has 2 aromatic carbocycles. The van der Waals surface area contributed by atoms with Gasteiger partial charge in [0.05, 0.1) is 18.6 Å². The van der Waals surface area contributed by atoms with Gasteiger partial charge in [0, 0.05) is 23.5 Å². The summed E-state index contributed by atoms with van der Waals surface area (Å²) in [5.41, 5.74) is 1.76. The Balaban J connectivity index is 1.73. The highest BCUT2D eigenvalue weighted by atomic mass is 32.2. The van der Waals surface area contributed by atoms with Crippen molar-refractivity contribution >= 4 is 26.7 Å². The molecule has 0 unspecified atom stereocenters. The summed E-state index contributed by atoms with van der Waals surface area (Å²) >= 11 is 0. The van der Waals surface area contributed by atoms with Crippen molar-refractivity contribution in [2.75, 3.05) is 18.6 Å². The van der Waals surface area contributed by atoms with Crippen molar-refractivity contribution < 1.29 is 26.8 Å². The molecule has 3 aromatic rings. The molecule has 0 spiro atoms. The Kier molecular flexibility index (Phi) is 5.27. The third-order valence-corrected chi connectivity index (χ3v) is 7.24. The summed E-state index contributed by atoms with van der Waals surface area (Å²) in [7, 11) is -1.64. The van der Waals surface area contributed by atoms with E-state index >= 15 is 0 Å². The summed E-state index contributed by atoms with van der Waals surface area (Å²) in [5, 5.41) is 0.527. The number of hydrogen-bond acceptors (Lipinski definition) is 5. The molecule has 1 atom stereocenters. The molecule has 1 saturated heterocycles. The molecule has 1 fully saturated rings. The molecule has 0 N–H and O–H groups in total. The fraction of sp³-hybridized carbons (Fsp3) is 0.318. The fourth-order valence-corrected chi connectivity index (χ4v) is 5.61. The first kappa shape index (κ1) is 20.4. The fourth-order valence-electron chi connectivity index (χ4n) is 3.88. The van der Waals surface area contributed by atoms with E-state index in [1.165, 1.54) is 18.2 Å². The Morgan fingerprint density at radius 3 is 2.77 bits per heavy atom. The van der Waals surface area contributed by atoms with Gasteiger partial charge in [-0.25, -0.2) is 12.8 Å². The monoisotopic (exact) mass is 431 g/mol. The number of furan rings is 1. The molecule has 1 aromatic heterocycles. The van der Waals surface area contributed by atoms with Crippen LogP contribution in [0.5, 0.6) is 5.75 Å². The van der Waals surface area contributed by atoms with E-state index in [-0.39, 0.29) is 23.8 Å². The van der Waals surface area contributed by atoms with E-state index in [0.29, 0.717) is 28.7 Å². The summed E-state index contributed by atoms with van der Waals surface area (Å²) in [6.45, 7) is 1.91. The number of hydrogen-bond donors (Lipinski definition) is 0. The zero-order valence-corrected chi connectivity index (χ0v) is 17.5. The zero-order valence-electron chi connectivity index (χ0n) is 16.7. The highest BCUT2D eigenvalue weighted by molar-refractivity contribution is 7.91. The van der Waals surface area contributed by atoms with Gasteiger partial charge in [0.15, 0.2) is 15.6 Å². The summed E-state index contributed by atoms with van der Waals surface area (Å²) in [5.74, 6) is -0.118. The van der Waals surface area contributed by atoms with Crippen LogP contribution in [0.25, 0.3) is 11.0 Å². The Labute approximate surface area is 174 Å². The molecule has 0 bridgehead atoms. The summed E-state index contributed by atoms with van der Waals surface area (Å²) < 4.78 is 48.8. The van der Waals surface area contributed by atoms with Crippen LogP contribution >= 0.6 is 0 Å². The number of amides is 1. The second-order valence-electron chi connectivity index (χ2n) is 7.54. The lowest BCUT2D eigenvalue weighted by molar-refractivity contribution is 0.0649. The molecule has 0 aliphatic carbocycles. The summed E-state index contributed by atoms with van der Waals surface area (Å²) in [6.07, 6.45) is 0.367. The van der Waals surface area contributed by atoms with Gasteiger partial charge in [-0.05, 0) is 49.2 Å². The predicted octanol–water partition coefficient (Wildman–Crippen LogP) is 3.72. The maximum atomic E-state index is 13.7. The molecule has 4 rings (SSSR count). The number of carbonyl (C=O) groups is 1. The molecule has 158 valence electrons. The number of rotatable bonds is 5. The van der Waals surface area contributed by atoms with Crippen LogP contribution in [0.1, 0.15) is 28.1 Å². The van der Waals surface area contributed by atoms with Crippen molar-refractivity contribution in [1.82, 2.24) is 4.90 Å². The highest BCUT2D eigenvalue weighted by Crippen LogP contribution is 2.30. The number of nitrogens with zero attached hydrogens (tertiary/aromatic N) is 1. The lowest BCUT2D eigenvalue weighted by atomic mass is 10.1. The van der Waals surface area contributed by atoms with Crippen molar-refractivity contribution in [3.63, 3.8) is 0 Å². The van der Waals surface area contributed by atoms with Gasteiger partial charge in [-0.15, -0.1) is 0 Å². The Bertz CT molecular complexity index is 1220. The van der Waals surface area contributed by atoms with E-state index in [1.807, 2.05) is 18.2 Å². The lowest BCUT2D eigenvalue weighted by Gasteiger charge is -2.28. The number of halogens is 1. The number of aryl methyl sites for hydroxylation is 1. The summed E-state index contributed by atoms with van der Waals surface area (Å²) in [6, 6.07) is 10.9. The van der Waals surface area contributed by atoms with Gasteiger partial charge in [-0.1, -0.05) is 12.1 Å². The molecule has 6 nitrogen and oxygen atoms in total. The largest absolute Gasteiger partial charge is 0.497 e. The molecule has 1 aliphatic rings. The number of ether oxygens (including phenoxy) is 1. The minimum Gasteiger partial charge on any atom is -0.497 e. The van der Waals surface area contributed by atoms with Gasteiger partial charge in [0.1, 0.15) is 17.1 Å². The number of benzene rings is 2. The molecule has 1 amide bonds. The van der Waals surface area contributed by atoms with Gasteiger partial charge in [-0.3, -0.25) is 4.79 Å². The number of sulfone groups is 1. The van der Waals surface area contributed by atoms with Crippen LogP contribution in [0, 0.1) is 12.7 Å². The maximum absolute atomic E-state index is 13.7. The van der Waals surface area contributed by atoms with Crippen molar-refractivity contribution in [1.29, 1.82) is 0 Å². The molecule has 30 heavy (non-hydrogen) atoms. The van der Waals surface area contributed by atoms with Gasteiger partial charge < -0.3 is 14.1 Å². The van der Waals surface area contributed by atoms with E-state index in [1.54, 1.807) is 25.0 Å². The first-order valence-corrected chi connectivity index (χ1v) is 11.4. The van der Waals surface area contributed by atoms with E-state index in [0.717, 1.165) is 5.56 Å². The van der Waals surface area contributed by atoms with Crippen LogP contribution in [0.2, 0.25) is 0 Å². The van der Waals surface area contributed by atoms with Crippen molar-refractivity contribution in [2.24, 2.45) is 0 Å². The van der Waals surface area contributed by atoms with Gasteiger partial charge in [0.2, 0.25) is 0 Å². The standard InChI is InChI=1S/C22H22FNO5S/c1-14-19-11-16(23)6-7-20(19)29-21(14)22(25)24(17-8-9-30(26,27)13-17)12-15-4-3-5-18(10-15)28-2/h3-7,10-11,17H,8-9,12-13H2,1-2H3/t17-/m1/s1. The van der Waals surface area contributed by atoms with Crippen LogP contribution in [0.3, 0.4) is 0 Å². The minimum absolute atomic E-state index is 0.0455. The smallest absolute Gasteiger partial charge is 0.290 e. The van der Waals surface area contributed by atoms with Crippen LogP contribution < -0.4 is 4.74 Å². The number of fused-ring (bicyclic) bond motifs is 1. The quantitative estimate of drug-likeness (QED) is 0.615. The van der Waals surface area contributed by atoms with Crippen molar-refractivity contribution in [2.45, 2.75) is 25.9 Å². The molecule has 0 radical (unpaired) electrons. The molecular weight excluding hydrogens is 409 g/mol. The van der Waals surface area contributed by atoms with E-state index < -0.39 is 27.6 Å². The molecular formula is C22H22FNO5S. The van der Waals surface area contributed by atoms with Crippen LogP contribution in [0.15, 0.2) is 46.9 Å².